The topological polar surface area (TPSA) is 117 Å². The molecule has 0 aliphatic carbocycles. The molecule has 228 valence electrons. The van der Waals surface area contributed by atoms with Crippen molar-refractivity contribution in [3.8, 4) is 0 Å². The number of piperazine rings is 1. The second-order valence-corrected chi connectivity index (χ2v) is 11.6. The quantitative estimate of drug-likeness (QED) is 0.122. The van der Waals surface area contributed by atoms with Crippen molar-refractivity contribution >= 4 is 0 Å². The number of rotatable bonds is 22. The van der Waals surface area contributed by atoms with Crippen LogP contribution in [0, 0.1) is 0 Å². The molecule has 1 fully saturated rings. The number of hydrogen-bond acceptors (Lipinski definition) is 10. The largest absolute Gasteiger partial charge is 0.392 e. The Hall–Kier alpha value is -0.400. The van der Waals surface area contributed by atoms with Gasteiger partial charge in [0.2, 0.25) is 0 Å². The van der Waals surface area contributed by atoms with Crippen molar-refractivity contribution in [3.63, 3.8) is 0 Å². The van der Waals surface area contributed by atoms with Gasteiger partial charge in [-0.25, -0.2) is 0 Å². The lowest BCUT2D eigenvalue weighted by Gasteiger charge is -2.37. The van der Waals surface area contributed by atoms with Gasteiger partial charge in [0, 0.05) is 98.2 Å². The highest BCUT2D eigenvalue weighted by molar-refractivity contribution is 4.77. The SMILES string of the molecule is CCCC(O)CN1CCN(CCN(CCN(CCN(CC(C)O)CC(O)CC)CC(C)O)CC(C)O)CC1. The van der Waals surface area contributed by atoms with Crippen LogP contribution in [0.3, 0.4) is 0 Å². The fraction of sp³-hybridized carbons (Fsp3) is 1.00. The number of nitrogens with zero attached hydrogens (tertiary/aromatic N) is 5. The van der Waals surface area contributed by atoms with Crippen LogP contribution in [-0.4, -0.2) is 179 Å². The lowest BCUT2D eigenvalue weighted by molar-refractivity contribution is 0.0523. The molecule has 1 rings (SSSR count). The first-order valence-corrected chi connectivity index (χ1v) is 15.0. The van der Waals surface area contributed by atoms with Gasteiger partial charge >= 0.3 is 0 Å². The summed E-state index contributed by atoms with van der Waals surface area (Å²) in [7, 11) is 0. The predicted molar refractivity (Wildman–Crippen MR) is 154 cm³/mol. The zero-order valence-corrected chi connectivity index (χ0v) is 25.1. The molecule has 1 saturated heterocycles. The van der Waals surface area contributed by atoms with Crippen molar-refractivity contribution in [2.75, 3.05) is 98.2 Å². The van der Waals surface area contributed by atoms with Gasteiger partial charge in [0.05, 0.1) is 30.5 Å². The number of hydrogen-bond donors (Lipinski definition) is 5. The van der Waals surface area contributed by atoms with E-state index >= 15 is 0 Å². The highest BCUT2D eigenvalue weighted by atomic mass is 16.3. The maximum atomic E-state index is 10.1. The van der Waals surface area contributed by atoms with Gasteiger partial charge in [-0.2, -0.15) is 0 Å². The van der Waals surface area contributed by atoms with Gasteiger partial charge in [0.1, 0.15) is 0 Å². The van der Waals surface area contributed by atoms with E-state index in [1.54, 1.807) is 13.8 Å². The molecule has 5 atom stereocenters. The smallest absolute Gasteiger partial charge is 0.0667 e. The highest BCUT2D eigenvalue weighted by Crippen LogP contribution is 2.07. The summed E-state index contributed by atoms with van der Waals surface area (Å²) < 4.78 is 0. The monoisotopic (exact) mass is 547 g/mol. The van der Waals surface area contributed by atoms with Crippen LogP contribution in [0.2, 0.25) is 0 Å². The van der Waals surface area contributed by atoms with E-state index in [0.717, 1.165) is 78.3 Å². The third kappa shape index (κ3) is 17.3. The van der Waals surface area contributed by atoms with Crippen LogP contribution in [0.15, 0.2) is 0 Å². The molecule has 0 bridgehead atoms. The summed E-state index contributed by atoms with van der Waals surface area (Å²) in [4.78, 5) is 11.5. The zero-order valence-electron chi connectivity index (χ0n) is 25.1. The van der Waals surface area contributed by atoms with Crippen molar-refractivity contribution < 1.29 is 25.5 Å². The molecule has 5 unspecified atom stereocenters. The molecule has 0 aromatic rings. The third-order valence-electron chi connectivity index (χ3n) is 7.26. The van der Waals surface area contributed by atoms with Crippen LogP contribution in [0.4, 0.5) is 0 Å². The first-order chi connectivity index (χ1) is 18.0. The van der Waals surface area contributed by atoms with Crippen molar-refractivity contribution in [3.05, 3.63) is 0 Å². The van der Waals surface area contributed by atoms with E-state index in [1.165, 1.54) is 0 Å². The first kappa shape index (κ1) is 35.6. The van der Waals surface area contributed by atoms with Crippen molar-refractivity contribution in [2.24, 2.45) is 0 Å². The van der Waals surface area contributed by atoms with Crippen LogP contribution < -0.4 is 0 Å². The zero-order chi connectivity index (χ0) is 28.5. The summed E-state index contributed by atoms with van der Waals surface area (Å²) in [6.07, 6.45) is 0.591. The Morgan fingerprint density at radius 3 is 1.50 bits per heavy atom. The van der Waals surface area contributed by atoms with E-state index in [1.807, 2.05) is 13.8 Å². The summed E-state index contributed by atoms with van der Waals surface area (Å²) in [6, 6.07) is 0. The number of aliphatic hydroxyl groups excluding tert-OH is 5. The molecule has 0 saturated carbocycles. The summed E-state index contributed by atoms with van der Waals surface area (Å²) in [5.74, 6) is 0. The Morgan fingerprint density at radius 1 is 0.579 bits per heavy atom. The predicted octanol–water partition coefficient (Wildman–Crippen LogP) is -0.416. The Morgan fingerprint density at radius 2 is 1.03 bits per heavy atom. The maximum Gasteiger partial charge on any atom is 0.0667 e. The minimum Gasteiger partial charge on any atom is -0.392 e. The van der Waals surface area contributed by atoms with Gasteiger partial charge in [0.25, 0.3) is 0 Å². The fourth-order valence-electron chi connectivity index (χ4n) is 5.16. The van der Waals surface area contributed by atoms with Gasteiger partial charge in [-0.3, -0.25) is 24.5 Å². The molecular formula is C28H61N5O5. The number of aliphatic hydroxyl groups is 5. The van der Waals surface area contributed by atoms with E-state index in [4.69, 9.17) is 0 Å². The van der Waals surface area contributed by atoms with E-state index in [2.05, 4.69) is 31.4 Å². The molecule has 0 aromatic carbocycles. The number of β-amino-alcohol motifs (C(OH)–C–C–N with tert-alkyl or cyclic N) is 1. The Bertz CT molecular complexity index is 564. The maximum absolute atomic E-state index is 10.1. The van der Waals surface area contributed by atoms with Crippen LogP contribution in [0.1, 0.15) is 53.9 Å². The van der Waals surface area contributed by atoms with E-state index < -0.39 is 24.4 Å². The summed E-state index contributed by atoms with van der Waals surface area (Å²) in [5, 5.41) is 50.3. The minimum atomic E-state index is -0.464. The second kappa shape index (κ2) is 20.5. The first-order valence-electron chi connectivity index (χ1n) is 15.0. The molecule has 0 radical (unpaired) electrons. The van der Waals surface area contributed by atoms with Crippen LogP contribution in [0.5, 0.6) is 0 Å². The van der Waals surface area contributed by atoms with Gasteiger partial charge in [-0.15, -0.1) is 0 Å². The highest BCUT2D eigenvalue weighted by Gasteiger charge is 2.21. The minimum absolute atomic E-state index is 0.228. The summed E-state index contributed by atoms with van der Waals surface area (Å²) >= 11 is 0. The Labute approximate surface area is 232 Å². The normalized spacial score (nSPS) is 19.8. The average molecular weight is 548 g/mol. The Kier molecular flexibility index (Phi) is 19.2. The van der Waals surface area contributed by atoms with Gasteiger partial charge in [-0.1, -0.05) is 20.3 Å². The standard InChI is InChI=1S/C28H61N5O5/c1-6-8-28(38)23-32-13-10-29(11-14-32)9-12-30(19-24(3)34)15-16-31(20-25(4)35)17-18-33(21-26(5)36)22-27(37)7-2/h24-28,34-38H,6-23H2,1-5H3. The van der Waals surface area contributed by atoms with E-state index in [0.29, 0.717) is 39.1 Å². The molecule has 5 N–H and O–H groups in total. The van der Waals surface area contributed by atoms with Gasteiger partial charge in [-0.05, 0) is 33.6 Å². The molecule has 0 aromatic heterocycles. The molecule has 10 heteroatoms. The van der Waals surface area contributed by atoms with Gasteiger partial charge in [0.15, 0.2) is 0 Å². The molecule has 1 heterocycles. The van der Waals surface area contributed by atoms with Crippen molar-refractivity contribution in [1.82, 2.24) is 24.5 Å². The Balaban J connectivity index is 2.58. The molecule has 10 nitrogen and oxygen atoms in total. The second-order valence-electron chi connectivity index (χ2n) is 11.6. The molecule has 0 spiro atoms. The lowest BCUT2D eigenvalue weighted by Crippen LogP contribution is -2.51. The van der Waals surface area contributed by atoms with E-state index in [-0.39, 0.29) is 6.10 Å². The fourth-order valence-corrected chi connectivity index (χ4v) is 5.16. The molecule has 1 aliphatic rings. The van der Waals surface area contributed by atoms with Crippen LogP contribution in [-0.2, 0) is 0 Å². The third-order valence-corrected chi connectivity index (χ3v) is 7.26. The molecule has 38 heavy (non-hydrogen) atoms. The summed E-state index contributed by atoms with van der Waals surface area (Å²) in [6.45, 7) is 21.3. The van der Waals surface area contributed by atoms with Gasteiger partial charge < -0.3 is 25.5 Å². The van der Waals surface area contributed by atoms with Crippen LogP contribution in [0.25, 0.3) is 0 Å². The van der Waals surface area contributed by atoms with Crippen molar-refractivity contribution in [1.29, 1.82) is 0 Å². The van der Waals surface area contributed by atoms with Crippen molar-refractivity contribution in [2.45, 2.75) is 84.4 Å². The molecular weight excluding hydrogens is 486 g/mol. The van der Waals surface area contributed by atoms with E-state index in [9.17, 15) is 25.5 Å². The molecule has 0 amide bonds. The molecule has 1 aliphatic heterocycles. The lowest BCUT2D eigenvalue weighted by atomic mass is 10.2. The average Bonchev–Trinajstić information content (AvgIpc) is 2.83. The van der Waals surface area contributed by atoms with Crippen LogP contribution >= 0.6 is 0 Å². The summed E-state index contributed by atoms with van der Waals surface area (Å²) in [5.41, 5.74) is 0.